The average molecular weight is 361 g/mol. The molecule has 126 valence electrons. The molecule has 0 atom stereocenters. The van der Waals surface area contributed by atoms with Gasteiger partial charge in [0.1, 0.15) is 10.8 Å². The molecule has 2 heterocycles. The number of aromatic nitrogens is 2. The maximum Gasteiger partial charge on any atom is 0.289 e. The summed E-state index contributed by atoms with van der Waals surface area (Å²) in [6.45, 7) is 0. The van der Waals surface area contributed by atoms with E-state index in [9.17, 15) is 4.79 Å². The molecule has 0 radical (unpaired) electrons. The van der Waals surface area contributed by atoms with Gasteiger partial charge in [-0.1, -0.05) is 54.1 Å². The predicted octanol–water partition coefficient (Wildman–Crippen LogP) is 4.20. The average Bonchev–Trinajstić information content (AvgIpc) is 2.68. The van der Waals surface area contributed by atoms with E-state index in [2.05, 4.69) is 20.5 Å². The zero-order valence-corrected chi connectivity index (χ0v) is 14.3. The Bertz CT molecular complexity index is 1160. The van der Waals surface area contributed by atoms with Crippen molar-refractivity contribution in [2.24, 2.45) is 5.10 Å². The van der Waals surface area contributed by atoms with Crippen LogP contribution >= 0.6 is 11.6 Å². The van der Waals surface area contributed by atoms with Crippen LogP contribution in [0.2, 0.25) is 5.15 Å². The molecule has 0 spiro atoms. The summed E-state index contributed by atoms with van der Waals surface area (Å²) >= 11 is 6.17. The second kappa shape index (κ2) is 6.90. The lowest BCUT2D eigenvalue weighted by Gasteiger charge is -2.03. The summed E-state index contributed by atoms with van der Waals surface area (Å²) in [6.07, 6.45) is 1.47. The van der Waals surface area contributed by atoms with Gasteiger partial charge in [0.2, 0.25) is 0 Å². The lowest BCUT2D eigenvalue weighted by molar-refractivity contribution is 0.0950. The molecule has 0 fully saturated rings. The number of nitrogens with one attached hydrogen (secondary N) is 1. The molecule has 0 bridgehead atoms. The number of para-hydroxylation sites is 2. The topological polar surface area (TPSA) is 67.2 Å². The molecule has 4 aromatic rings. The van der Waals surface area contributed by atoms with Crippen molar-refractivity contribution < 1.29 is 4.79 Å². The summed E-state index contributed by atoms with van der Waals surface area (Å²) in [5.74, 6) is -0.392. The molecule has 0 aliphatic heterocycles. The fourth-order valence-electron chi connectivity index (χ4n) is 2.61. The van der Waals surface area contributed by atoms with Gasteiger partial charge in [0.05, 0.1) is 17.2 Å². The van der Waals surface area contributed by atoms with Crippen molar-refractivity contribution in [3.05, 3.63) is 83.1 Å². The number of hydrazone groups is 1. The van der Waals surface area contributed by atoms with Crippen LogP contribution in [0.25, 0.3) is 21.8 Å². The number of hydrogen-bond acceptors (Lipinski definition) is 4. The van der Waals surface area contributed by atoms with Gasteiger partial charge in [0, 0.05) is 16.3 Å². The first-order valence-corrected chi connectivity index (χ1v) is 8.33. The lowest BCUT2D eigenvalue weighted by Crippen LogP contribution is -2.19. The molecule has 0 aliphatic rings. The van der Waals surface area contributed by atoms with Gasteiger partial charge in [-0.05, 0) is 24.3 Å². The molecule has 6 heteroatoms. The predicted molar refractivity (Wildman–Crippen MR) is 104 cm³/mol. The number of benzene rings is 2. The number of halogens is 1. The Balaban J connectivity index is 1.54. The van der Waals surface area contributed by atoms with E-state index in [0.717, 1.165) is 21.8 Å². The minimum absolute atomic E-state index is 0.295. The molecule has 1 N–H and O–H groups in total. The van der Waals surface area contributed by atoms with Gasteiger partial charge in [-0.2, -0.15) is 5.10 Å². The Morgan fingerprint density at radius 1 is 0.923 bits per heavy atom. The van der Waals surface area contributed by atoms with E-state index in [1.165, 1.54) is 6.21 Å². The Morgan fingerprint density at radius 2 is 1.62 bits per heavy atom. The van der Waals surface area contributed by atoms with Crippen molar-refractivity contribution >= 4 is 45.5 Å². The van der Waals surface area contributed by atoms with Gasteiger partial charge in [0.25, 0.3) is 5.91 Å². The van der Waals surface area contributed by atoms with Crippen molar-refractivity contribution in [3.63, 3.8) is 0 Å². The smallest absolute Gasteiger partial charge is 0.266 e. The molecule has 1 amide bonds. The molecule has 0 saturated heterocycles. The highest BCUT2D eigenvalue weighted by atomic mass is 35.5. The summed E-state index contributed by atoms with van der Waals surface area (Å²) in [5.41, 5.74) is 4.95. The lowest BCUT2D eigenvalue weighted by atomic mass is 10.2. The third kappa shape index (κ3) is 3.25. The Labute approximate surface area is 154 Å². The van der Waals surface area contributed by atoms with E-state index >= 15 is 0 Å². The van der Waals surface area contributed by atoms with E-state index in [1.54, 1.807) is 6.07 Å². The zero-order valence-electron chi connectivity index (χ0n) is 13.6. The van der Waals surface area contributed by atoms with Crippen molar-refractivity contribution in [2.45, 2.75) is 0 Å². The highest BCUT2D eigenvalue weighted by Gasteiger charge is 2.07. The first-order chi connectivity index (χ1) is 12.7. The molecule has 26 heavy (non-hydrogen) atoms. The molecule has 2 aromatic carbocycles. The maximum atomic E-state index is 12.2. The van der Waals surface area contributed by atoms with Crippen molar-refractivity contribution in [1.82, 2.24) is 15.4 Å². The summed E-state index contributed by atoms with van der Waals surface area (Å²) in [6, 6.07) is 20.6. The third-order valence-corrected chi connectivity index (χ3v) is 4.21. The second-order valence-corrected chi connectivity index (χ2v) is 6.01. The van der Waals surface area contributed by atoms with Crippen molar-refractivity contribution in [1.29, 1.82) is 0 Å². The van der Waals surface area contributed by atoms with Crippen LogP contribution in [-0.2, 0) is 0 Å². The quantitative estimate of drug-likeness (QED) is 0.338. The highest BCUT2D eigenvalue weighted by Crippen LogP contribution is 2.19. The van der Waals surface area contributed by atoms with Gasteiger partial charge in [-0.3, -0.25) is 4.79 Å². The fourth-order valence-corrected chi connectivity index (χ4v) is 2.80. The van der Waals surface area contributed by atoms with Crippen LogP contribution in [-0.4, -0.2) is 22.1 Å². The number of pyridine rings is 2. The summed E-state index contributed by atoms with van der Waals surface area (Å²) in [4.78, 5) is 20.9. The molecule has 2 aromatic heterocycles. The number of hydrogen-bond donors (Lipinski definition) is 1. The summed E-state index contributed by atoms with van der Waals surface area (Å²) in [7, 11) is 0. The van der Waals surface area contributed by atoms with E-state index in [1.807, 2.05) is 60.7 Å². The van der Waals surface area contributed by atoms with E-state index in [4.69, 9.17) is 11.6 Å². The van der Waals surface area contributed by atoms with Crippen LogP contribution in [0.1, 0.15) is 16.1 Å². The standard InChI is InChI=1S/C20H13ClN4O/c21-19-15(11-14-6-2-4-8-17(14)24-19)12-22-25-20(26)18-10-9-13-5-1-3-7-16(13)23-18/h1-12H,(H,25,26). The number of fused-ring (bicyclic) bond motifs is 2. The number of rotatable bonds is 3. The van der Waals surface area contributed by atoms with Gasteiger partial charge < -0.3 is 0 Å². The van der Waals surface area contributed by atoms with Gasteiger partial charge in [-0.25, -0.2) is 15.4 Å². The number of carbonyl (C=O) groups excluding carboxylic acids is 1. The van der Waals surface area contributed by atoms with Crippen LogP contribution in [0.4, 0.5) is 0 Å². The van der Waals surface area contributed by atoms with Crippen LogP contribution in [0.15, 0.2) is 71.8 Å². The molecule has 5 nitrogen and oxygen atoms in total. The third-order valence-electron chi connectivity index (χ3n) is 3.91. The Hall–Kier alpha value is -3.31. The monoisotopic (exact) mass is 360 g/mol. The SMILES string of the molecule is O=C(NN=Cc1cc2ccccc2nc1Cl)c1ccc2ccccc2n1. The number of carbonyl (C=O) groups is 1. The molecule has 0 unspecified atom stereocenters. The summed E-state index contributed by atoms with van der Waals surface area (Å²) in [5, 5.41) is 6.22. The van der Waals surface area contributed by atoms with Gasteiger partial charge in [0.15, 0.2) is 0 Å². The number of amides is 1. The van der Waals surface area contributed by atoms with E-state index in [0.29, 0.717) is 16.4 Å². The van der Waals surface area contributed by atoms with Crippen LogP contribution in [0, 0.1) is 0 Å². The van der Waals surface area contributed by atoms with Crippen molar-refractivity contribution in [2.75, 3.05) is 0 Å². The molecular formula is C20H13ClN4O. The molecular weight excluding hydrogens is 348 g/mol. The molecule has 0 aliphatic carbocycles. The van der Waals surface area contributed by atoms with Gasteiger partial charge >= 0.3 is 0 Å². The Morgan fingerprint density at radius 3 is 2.42 bits per heavy atom. The zero-order chi connectivity index (χ0) is 17.9. The Kier molecular flexibility index (Phi) is 4.29. The summed E-state index contributed by atoms with van der Waals surface area (Å²) < 4.78 is 0. The van der Waals surface area contributed by atoms with E-state index in [-0.39, 0.29) is 0 Å². The van der Waals surface area contributed by atoms with Gasteiger partial charge in [-0.15, -0.1) is 0 Å². The largest absolute Gasteiger partial charge is 0.289 e. The highest BCUT2D eigenvalue weighted by molar-refractivity contribution is 6.32. The van der Waals surface area contributed by atoms with E-state index < -0.39 is 5.91 Å². The first kappa shape index (κ1) is 16.2. The minimum atomic E-state index is -0.392. The first-order valence-electron chi connectivity index (χ1n) is 7.95. The maximum absolute atomic E-state index is 12.2. The van der Waals surface area contributed by atoms with Crippen molar-refractivity contribution in [3.8, 4) is 0 Å². The number of nitrogens with zero attached hydrogens (tertiary/aromatic N) is 3. The molecule has 0 saturated carbocycles. The second-order valence-electron chi connectivity index (χ2n) is 5.65. The van der Waals surface area contributed by atoms with Crippen LogP contribution in [0.5, 0.6) is 0 Å². The normalized spacial score (nSPS) is 11.3. The molecule has 4 rings (SSSR count). The van der Waals surface area contributed by atoms with Crippen LogP contribution < -0.4 is 5.43 Å². The minimum Gasteiger partial charge on any atom is -0.266 e. The fraction of sp³-hybridized carbons (Fsp3) is 0. The van der Waals surface area contributed by atoms with Crippen LogP contribution in [0.3, 0.4) is 0 Å².